The quantitative estimate of drug-likeness (QED) is 0.759. The Balaban J connectivity index is 0.00000192. The van der Waals surface area contributed by atoms with Gasteiger partial charge in [-0.2, -0.15) is 0 Å². The fraction of sp³-hybridized carbons (Fsp3) is 0.111. The van der Waals surface area contributed by atoms with Gasteiger partial charge in [-0.1, -0.05) is 49.4 Å². The van der Waals surface area contributed by atoms with Gasteiger partial charge in [-0.3, -0.25) is 9.78 Å². The summed E-state index contributed by atoms with van der Waals surface area (Å²) in [5.74, 6) is -0.486. The number of aromatic hydroxyl groups is 1. The lowest BCUT2D eigenvalue weighted by molar-refractivity contribution is 0.0948. The van der Waals surface area contributed by atoms with Crippen LogP contribution in [0.5, 0.6) is 5.75 Å². The summed E-state index contributed by atoms with van der Waals surface area (Å²) in [4.78, 5) is 16.4. The molecule has 1 amide bonds. The largest absolute Gasteiger partial charge is 0.505 e. The molecule has 4 nitrogen and oxygen atoms in total. The smallest absolute Gasteiger partial charge is 0.255 e. The van der Waals surface area contributed by atoms with Crippen LogP contribution < -0.4 is 5.32 Å². The Hall–Kier alpha value is -2.59. The normalized spacial score (nSPS) is 10.1. The molecule has 1 heterocycles. The number of halogens is 1. The van der Waals surface area contributed by atoms with Crippen LogP contribution in [0.4, 0.5) is 0 Å². The number of aromatic nitrogens is 1. The molecule has 5 heteroatoms. The summed E-state index contributed by atoms with van der Waals surface area (Å²) in [6.07, 6.45) is 1.58. The Kier molecular flexibility index (Phi) is 5.19. The van der Waals surface area contributed by atoms with Crippen molar-refractivity contribution in [2.45, 2.75) is 14.0 Å². The van der Waals surface area contributed by atoms with E-state index in [9.17, 15) is 9.90 Å². The Morgan fingerprint density at radius 3 is 2.70 bits per heavy atom. The lowest BCUT2D eigenvalue weighted by Crippen LogP contribution is -2.23. The van der Waals surface area contributed by atoms with Crippen molar-refractivity contribution in [1.29, 1.82) is 0 Å². The number of fused-ring (bicyclic) bond motifs is 1. The van der Waals surface area contributed by atoms with Gasteiger partial charge in [-0.05, 0) is 23.8 Å². The minimum Gasteiger partial charge on any atom is -0.505 e. The zero-order chi connectivity index (χ0) is 15.5. The van der Waals surface area contributed by atoms with Crippen LogP contribution in [0, 0.1) is 0 Å². The highest BCUT2D eigenvalue weighted by Crippen LogP contribution is 2.26. The summed E-state index contributed by atoms with van der Waals surface area (Å²) < 4.78 is 0. The van der Waals surface area contributed by atoms with Gasteiger partial charge < -0.3 is 10.4 Å². The Labute approximate surface area is 139 Å². The SMILES string of the molecule is C.O=C(NCc1ccccc1Cl)c1ccc2cccnc2c1O. The number of phenolic OH excluding ortho intramolecular Hbond substituents is 1. The van der Waals surface area contributed by atoms with Crippen molar-refractivity contribution in [3.8, 4) is 5.75 Å². The first kappa shape index (κ1) is 16.8. The van der Waals surface area contributed by atoms with Crippen LogP contribution in [0.3, 0.4) is 0 Å². The predicted molar refractivity (Wildman–Crippen MR) is 92.8 cm³/mol. The van der Waals surface area contributed by atoms with Crippen molar-refractivity contribution in [2.24, 2.45) is 0 Å². The lowest BCUT2D eigenvalue weighted by Gasteiger charge is -2.09. The highest BCUT2D eigenvalue weighted by atomic mass is 35.5. The third kappa shape index (κ3) is 3.43. The van der Waals surface area contributed by atoms with Gasteiger partial charge in [0, 0.05) is 23.2 Å². The summed E-state index contributed by atoms with van der Waals surface area (Å²) >= 11 is 6.05. The van der Waals surface area contributed by atoms with E-state index in [0.29, 0.717) is 10.5 Å². The molecule has 0 radical (unpaired) electrons. The molecule has 1 aromatic heterocycles. The lowest BCUT2D eigenvalue weighted by atomic mass is 10.1. The third-order valence-electron chi connectivity index (χ3n) is 3.39. The molecule has 3 aromatic rings. The molecular weight excluding hydrogens is 312 g/mol. The summed E-state index contributed by atoms with van der Waals surface area (Å²) in [6.45, 7) is 0.290. The second-order valence-electron chi connectivity index (χ2n) is 4.81. The number of nitrogens with one attached hydrogen (secondary N) is 1. The fourth-order valence-corrected chi connectivity index (χ4v) is 2.43. The maximum absolute atomic E-state index is 12.3. The van der Waals surface area contributed by atoms with Crippen LogP contribution in [0.1, 0.15) is 23.3 Å². The van der Waals surface area contributed by atoms with E-state index in [2.05, 4.69) is 10.3 Å². The molecule has 0 unspecified atom stereocenters. The molecule has 23 heavy (non-hydrogen) atoms. The number of benzene rings is 2. The predicted octanol–water partition coefficient (Wildman–Crippen LogP) is 4.16. The molecule has 2 aromatic carbocycles. The van der Waals surface area contributed by atoms with Crippen LogP contribution in [-0.4, -0.2) is 16.0 Å². The van der Waals surface area contributed by atoms with Gasteiger partial charge in [0.05, 0.1) is 5.56 Å². The molecule has 0 aliphatic carbocycles. The number of carbonyl (C=O) groups is 1. The van der Waals surface area contributed by atoms with Crippen molar-refractivity contribution in [3.63, 3.8) is 0 Å². The summed E-state index contributed by atoms with van der Waals surface area (Å²) in [7, 11) is 0. The van der Waals surface area contributed by atoms with Crippen molar-refractivity contribution in [1.82, 2.24) is 10.3 Å². The van der Waals surface area contributed by atoms with E-state index in [-0.39, 0.29) is 31.2 Å². The second kappa shape index (κ2) is 7.11. The molecule has 0 saturated heterocycles. The highest BCUT2D eigenvalue weighted by Gasteiger charge is 2.14. The van der Waals surface area contributed by atoms with Gasteiger partial charge in [0.2, 0.25) is 0 Å². The van der Waals surface area contributed by atoms with E-state index >= 15 is 0 Å². The molecule has 0 saturated carbocycles. The highest BCUT2D eigenvalue weighted by molar-refractivity contribution is 6.31. The van der Waals surface area contributed by atoms with Crippen LogP contribution in [0.25, 0.3) is 10.9 Å². The Bertz CT molecular complexity index is 849. The van der Waals surface area contributed by atoms with Crippen molar-refractivity contribution in [3.05, 3.63) is 70.9 Å². The number of amides is 1. The Morgan fingerprint density at radius 1 is 1.13 bits per heavy atom. The van der Waals surface area contributed by atoms with E-state index in [0.717, 1.165) is 10.9 Å². The van der Waals surface area contributed by atoms with E-state index in [1.807, 2.05) is 24.3 Å². The number of phenols is 1. The van der Waals surface area contributed by atoms with E-state index in [1.165, 1.54) is 0 Å². The summed E-state index contributed by atoms with van der Waals surface area (Å²) in [6, 6.07) is 14.2. The minimum absolute atomic E-state index is 0. The average Bonchev–Trinajstić information content (AvgIpc) is 2.54. The van der Waals surface area contributed by atoms with Crippen molar-refractivity contribution < 1.29 is 9.90 Å². The van der Waals surface area contributed by atoms with Crippen LogP contribution in [0.2, 0.25) is 5.02 Å². The maximum atomic E-state index is 12.3. The molecule has 3 rings (SSSR count). The third-order valence-corrected chi connectivity index (χ3v) is 3.76. The monoisotopic (exact) mass is 328 g/mol. The Morgan fingerprint density at radius 2 is 1.91 bits per heavy atom. The van der Waals surface area contributed by atoms with E-state index < -0.39 is 0 Å². The van der Waals surface area contributed by atoms with Gasteiger partial charge in [0.1, 0.15) is 5.52 Å². The fourth-order valence-electron chi connectivity index (χ4n) is 2.23. The first-order valence-electron chi connectivity index (χ1n) is 6.75. The van der Waals surface area contributed by atoms with Crippen LogP contribution in [0.15, 0.2) is 54.7 Å². The molecule has 2 N–H and O–H groups in total. The maximum Gasteiger partial charge on any atom is 0.255 e. The van der Waals surface area contributed by atoms with Crippen LogP contribution in [-0.2, 0) is 6.54 Å². The van der Waals surface area contributed by atoms with Gasteiger partial charge in [0.25, 0.3) is 5.91 Å². The molecule has 0 bridgehead atoms. The first-order chi connectivity index (χ1) is 10.7. The molecule has 0 fully saturated rings. The number of rotatable bonds is 3. The summed E-state index contributed by atoms with van der Waals surface area (Å²) in [5.41, 5.74) is 1.42. The molecule has 0 atom stereocenters. The molecular formula is C18H17ClN2O2. The second-order valence-corrected chi connectivity index (χ2v) is 5.22. The molecule has 0 aliphatic heterocycles. The minimum atomic E-state index is -0.370. The van der Waals surface area contributed by atoms with Gasteiger partial charge in [0.15, 0.2) is 5.75 Å². The van der Waals surface area contributed by atoms with Gasteiger partial charge in [-0.15, -0.1) is 0 Å². The average molecular weight is 329 g/mol. The van der Waals surface area contributed by atoms with E-state index in [4.69, 9.17) is 11.6 Å². The number of hydrogen-bond acceptors (Lipinski definition) is 3. The van der Waals surface area contributed by atoms with Crippen molar-refractivity contribution in [2.75, 3.05) is 0 Å². The van der Waals surface area contributed by atoms with E-state index in [1.54, 1.807) is 30.5 Å². The topological polar surface area (TPSA) is 62.2 Å². The molecule has 0 aliphatic rings. The van der Waals surface area contributed by atoms with Gasteiger partial charge >= 0.3 is 0 Å². The number of carbonyl (C=O) groups excluding carboxylic acids is 1. The zero-order valence-electron chi connectivity index (χ0n) is 11.6. The molecule has 0 spiro atoms. The van der Waals surface area contributed by atoms with Gasteiger partial charge in [-0.25, -0.2) is 0 Å². The first-order valence-corrected chi connectivity index (χ1v) is 7.13. The van der Waals surface area contributed by atoms with Crippen molar-refractivity contribution >= 4 is 28.4 Å². The standard InChI is InChI=1S/C17H13ClN2O2.CH4/c18-14-6-2-1-4-12(14)10-20-17(22)13-8-7-11-5-3-9-19-15(11)16(13)21;/h1-9,21H,10H2,(H,20,22);1H4. The molecule has 118 valence electrons. The summed E-state index contributed by atoms with van der Waals surface area (Å²) in [5, 5.41) is 14.3. The number of pyridine rings is 1. The zero-order valence-corrected chi connectivity index (χ0v) is 12.3. The number of nitrogens with zero attached hydrogens (tertiary/aromatic N) is 1. The number of hydrogen-bond donors (Lipinski definition) is 2. The van der Waals surface area contributed by atoms with Crippen LogP contribution >= 0.6 is 11.6 Å².